The molecule has 0 aliphatic heterocycles. The van der Waals surface area contributed by atoms with Crippen molar-refractivity contribution in [1.82, 2.24) is 4.90 Å². The number of hydrogen-bond acceptors (Lipinski definition) is 2. The first-order valence-corrected chi connectivity index (χ1v) is 6.58. The van der Waals surface area contributed by atoms with E-state index in [1.54, 1.807) is 4.90 Å². The van der Waals surface area contributed by atoms with Crippen molar-refractivity contribution in [3.63, 3.8) is 0 Å². The number of aliphatic carboxylic acids is 1. The summed E-state index contributed by atoms with van der Waals surface area (Å²) in [6.45, 7) is 3.80. The molecule has 17 heavy (non-hydrogen) atoms. The monoisotopic (exact) mass is 241 g/mol. The van der Waals surface area contributed by atoms with Gasteiger partial charge in [0.1, 0.15) is 6.54 Å². The minimum absolute atomic E-state index is 0.0150. The van der Waals surface area contributed by atoms with Crippen LogP contribution in [0, 0.1) is 5.92 Å². The van der Waals surface area contributed by atoms with Crippen molar-refractivity contribution in [2.75, 3.05) is 6.54 Å². The van der Waals surface area contributed by atoms with E-state index in [-0.39, 0.29) is 24.4 Å². The molecule has 0 spiro atoms. The third kappa shape index (κ3) is 4.02. The largest absolute Gasteiger partial charge is 0.480 e. The van der Waals surface area contributed by atoms with E-state index in [0.717, 1.165) is 38.5 Å². The van der Waals surface area contributed by atoms with Gasteiger partial charge in [-0.3, -0.25) is 9.59 Å². The van der Waals surface area contributed by atoms with Gasteiger partial charge in [0.05, 0.1) is 0 Å². The van der Waals surface area contributed by atoms with Crippen LogP contribution in [-0.2, 0) is 9.59 Å². The number of hydrogen-bond donors (Lipinski definition) is 1. The molecule has 0 aromatic rings. The number of rotatable bonds is 6. The molecule has 0 saturated heterocycles. The van der Waals surface area contributed by atoms with E-state index in [0.29, 0.717) is 0 Å². The molecule has 0 aromatic heterocycles. The van der Waals surface area contributed by atoms with Crippen LogP contribution in [0.2, 0.25) is 0 Å². The van der Waals surface area contributed by atoms with Crippen molar-refractivity contribution in [3.05, 3.63) is 0 Å². The zero-order valence-electron chi connectivity index (χ0n) is 10.8. The summed E-state index contributed by atoms with van der Waals surface area (Å²) < 4.78 is 0. The number of carboxylic acid groups (broad SMARTS) is 1. The lowest BCUT2D eigenvalue weighted by molar-refractivity contribution is -0.148. The lowest BCUT2D eigenvalue weighted by Crippen LogP contribution is -2.44. The lowest BCUT2D eigenvalue weighted by Gasteiger charge is -2.29. The van der Waals surface area contributed by atoms with Crippen LogP contribution in [0.1, 0.15) is 52.4 Å². The van der Waals surface area contributed by atoms with Crippen molar-refractivity contribution in [2.45, 2.75) is 58.4 Å². The molecule has 0 heterocycles. The molecule has 98 valence electrons. The Morgan fingerprint density at radius 1 is 1.35 bits per heavy atom. The molecule has 4 nitrogen and oxygen atoms in total. The van der Waals surface area contributed by atoms with Crippen LogP contribution in [0.3, 0.4) is 0 Å². The summed E-state index contributed by atoms with van der Waals surface area (Å²) in [7, 11) is 0. The molecule has 0 bridgehead atoms. The van der Waals surface area contributed by atoms with Gasteiger partial charge < -0.3 is 10.0 Å². The topological polar surface area (TPSA) is 57.6 Å². The van der Waals surface area contributed by atoms with Crippen molar-refractivity contribution in [3.8, 4) is 0 Å². The Balaban J connectivity index is 2.67. The van der Waals surface area contributed by atoms with Gasteiger partial charge in [0.2, 0.25) is 5.91 Å². The predicted molar refractivity (Wildman–Crippen MR) is 65.7 cm³/mol. The zero-order chi connectivity index (χ0) is 12.8. The third-order valence-corrected chi connectivity index (χ3v) is 3.50. The molecular formula is C13H23NO3. The molecule has 0 aromatic carbocycles. The highest BCUT2D eigenvalue weighted by atomic mass is 16.4. The Morgan fingerprint density at radius 2 is 1.94 bits per heavy atom. The molecule has 1 aliphatic carbocycles. The van der Waals surface area contributed by atoms with Crippen molar-refractivity contribution in [2.24, 2.45) is 5.92 Å². The molecule has 1 atom stereocenters. The van der Waals surface area contributed by atoms with Gasteiger partial charge in [-0.2, -0.15) is 0 Å². The minimum atomic E-state index is -0.908. The summed E-state index contributed by atoms with van der Waals surface area (Å²) in [5.74, 6) is -0.949. The highest BCUT2D eigenvalue weighted by Gasteiger charge is 2.30. The van der Waals surface area contributed by atoms with E-state index in [1.165, 1.54) is 0 Å². The summed E-state index contributed by atoms with van der Waals surface area (Å²) in [4.78, 5) is 24.7. The lowest BCUT2D eigenvalue weighted by atomic mass is 10.0. The fourth-order valence-electron chi connectivity index (χ4n) is 2.59. The molecule has 0 radical (unpaired) electrons. The van der Waals surface area contributed by atoms with Crippen LogP contribution in [-0.4, -0.2) is 34.5 Å². The normalized spacial score (nSPS) is 18.0. The van der Waals surface area contributed by atoms with Crippen LogP contribution < -0.4 is 0 Å². The maximum Gasteiger partial charge on any atom is 0.323 e. The molecule has 1 fully saturated rings. The second-order valence-corrected chi connectivity index (χ2v) is 4.99. The fourth-order valence-corrected chi connectivity index (χ4v) is 2.59. The summed E-state index contributed by atoms with van der Waals surface area (Å²) >= 11 is 0. The first-order chi connectivity index (χ1) is 8.06. The molecule has 4 heteroatoms. The maximum atomic E-state index is 12.2. The van der Waals surface area contributed by atoms with E-state index in [9.17, 15) is 9.59 Å². The molecule has 1 amide bonds. The van der Waals surface area contributed by atoms with Crippen LogP contribution in [0.4, 0.5) is 0 Å². The number of carbonyl (C=O) groups is 2. The average Bonchev–Trinajstić information content (AvgIpc) is 2.78. The van der Waals surface area contributed by atoms with E-state index in [4.69, 9.17) is 5.11 Å². The van der Waals surface area contributed by atoms with Crippen LogP contribution >= 0.6 is 0 Å². The van der Waals surface area contributed by atoms with Crippen molar-refractivity contribution < 1.29 is 14.7 Å². The average molecular weight is 241 g/mol. The van der Waals surface area contributed by atoms with Gasteiger partial charge >= 0.3 is 5.97 Å². The van der Waals surface area contributed by atoms with Gasteiger partial charge in [-0.15, -0.1) is 0 Å². The molecule has 1 N–H and O–H groups in total. The zero-order valence-corrected chi connectivity index (χ0v) is 10.8. The van der Waals surface area contributed by atoms with E-state index in [2.05, 4.69) is 0 Å². The molecule has 1 unspecified atom stereocenters. The number of carbonyl (C=O) groups excluding carboxylic acids is 1. The van der Waals surface area contributed by atoms with E-state index in [1.807, 2.05) is 13.8 Å². The summed E-state index contributed by atoms with van der Waals surface area (Å²) in [5, 5.41) is 8.91. The van der Waals surface area contributed by atoms with Crippen LogP contribution in [0.25, 0.3) is 0 Å². The smallest absolute Gasteiger partial charge is 0.323 e. The van der Waals surface area contributed by atoms with Crippen LogP contribution in [0.15, 0.2) is 0 Å². The SMILES string of the molecule is CCCC(C)C(=O)N(CC(=O)O)C1CCCC1. The van der Waals surface area contributed by atoms with Crippen molar-refractivity contribution in [1.29, 1.82) is 0 Å². The Kier molecular flexibility index (Phi) is 5.45. The molecular weight excluding hydrogens is 218 g/mol. The van der Waals surface area contributed by atoms with Crippen molar-refractivity contribution >= 4 is 11.9 Å². The standard InChI is InChI=1S/C13H23NO3/c1-3-6-10(2)13(17)14(9-12(15)16)11-7-4-5-8-11/h10-11H,3-9H2,1-2H3,(H,15,16). The molecule has 1 aliphatic rings. The fraction of sp³-hybridized carbons (Fsp3) is 0.846. The number of amides is 1. The minimum Gasteiger partial charge on any atom is -0.480 e. The highest BCUT2D eigenvalue weighted by molar-refractivity contribution is 5.83. The Morgan fingerprint density at radius 3 is 2.41 bits per heavy atom. The van der Waals surface area contributed by atoms with Crippen LogP contribution in [0.5, 0.6) is 0 Å². The quantitative estimate of drug-likeness (QED) is 0.776. The molecule has 1 rings (SSSR count). The third-order valence-electron chi connectivity index (χ3n) is 3.50. The number of carboxylic acids is 1. The summed E-state index contributed by atoms with van der Waals surface area (Å²) in [6, 6.07) is 0.151. The summed E-state index contributed by atoms with van der Waals surface area (Å²) in [5.41, 5.74) is 0. The van der Waals surface area contributed by atoms with Gasteiger partial charge in [0.25, 0.3) is 0 Å². The second kappa shape index (κ2) is 6.62. The van der Waals surface area contributed by atoms with Gasteiger partial charge in [-0.1, -0.05) is 33.1 Å². The first-order valence-electron chi connectivity index (χ1n) is 6.58. The Bertz CT molecular complexity index is 272. The highest BCUT2D eigenvalue weighted by Crippen LogP contribution is 2.25. The second-order valence-electron chi connectivity index (χ2n) is 4.99. The number of nitrogens with zero attached hydrogens (tertiary/aromatic N) is 1. The van der Waals surface area contributed by atoms with Gasteiger partial charge in [0, 0.05) is 12.0 Å². The maximum absolute atomic E-state index is 12.2. The first kappa shape index (κ1) is 14.0. The van der Waals surface area contributed by atoms with E-state index < -0.39 is 5.97 Å². The van der Waals surface area contributed by atoms with E-state index >= 15 is 0 Å². The van der Waals surface area contributed by atoms with Gasteiger partial charge in [-0.25, -0.2) is 0 Å². The van der Waals surface area contributed by atoms with Gasteiger partial charge in [-0.05, 0) is 19.3 Å². The predicted octanol–water partition coefficient (Wildman–Crippen LogP) is 2.28. The van der Waals surface area contributed by atoms with Gasteiger partial charge in [0.15, 0.2) is 0 Å². The Hall–Kier alpha value is -1.06. The summed E-state index contributed by atoms with van der Waals surface area (Å²) in [6.07, 6.45) is 5.92. The molecule has 1 saturated carbocycles. The Labute approximate surface area is 103 Å².